The van der Waals surface area contributed by atoms with Crippen molar-refractivity contribution in [1.82, 2.24) is 0 Å². The molecule has 0 aliphatic carbocycles. The number of rotatable bonds is 4. The number of anilines is 1. The largest absolute Gasteiger partial charge is 0.482 e. The van der Waals surface area contributed by atoms with Gasteiger partial charge in [0.25, 0.3) is 5.91 Å². The van der Waals surface area contributed by atoms with E-state index in [-0.39, 0.29) is 12.5 Å². The molecule has 0 aliphatic rings. The van der Waals surface area contributed by atoms with Crippen LogP contribution >= 0.6 is 15.9 Å². The van der Waals surface area contributed by atoms with Crippen LogP contribution < -0.4 is 10.1 Å². The van der Waals surface area contributed by atoms with E-state index in [1.807, 2.05) is 18.2 Å². The Morgan fingerprint density at radius 3 is 2.68 bits per heavy atom. The molecule has 1 amide bonds. The lowest BCUT2D eigenvalue weighted by molar-refractivity contribution is -0.118. The first kappa shape index (κ1) is 13.5. The van der Waals surface area contributed by atoms with Gasteiger partial charge in [0.2, 0.25) is 0 Å². The lowest BCUT2D eigenvalue weighted by atomic mass is 10.3. The Hall–Kier alpha value is -1.88. The monoisotopic (exact) mass is 323 g/mol. The third-order valence-corrected chi connectivity index (χ3v) is 2.96. The molecule has 98 valence electrons. The van der Waals surface area contributed by atoms with Crippen LogP contribution in [0.25, 0.3) is 0 Å². The Balaban J connectivity index is 1.92. The van der Waals surface area contributed by atoms with Gasteiger partial charge >= 0.3 is 0 Å². The van der Waals surface area contributed by atoms with Gasteiger partial charge in [0.1, 0.15) is 11.6 Å². The number of hydrogen-bond donors (Lipinski definition) is 1. The highest BCUT2D eigenvalue weighted by Gasteiger charge is 2.07. The summed E-state index contributed by atoms with van der Waals surface area (Å²) < 4.78 is 18.9. The first-order chi connectivity index (χ1) is 9.15. The Kier molecular flexibility index (Phi) is 4.52. The molecule has 0 unspecified atom stereocenters. The van der Waals surface area contributed by atoms with Crippen LogP contribution in [-0.4, -0.2) is 12.5 Å². The Bertz CT molecular complexity index is 575. The van der Waals surface area contributed by atoms with Crippen molar-refractivity contribution in [3.8, 4) is 5.75 Å². The van der Waals surface area contributed by atoms with Crippen molar-refractivity contribution < 1.29 is 13.9 Å². The van der Waals surface area contributed by atoms with Crippen molar-refractivity contribution in [2.24, 2.45) is 0 Å². The van der Waals surface area contributed by atoms with Crippen LogP contribution in [0.2, 0.25) is 0 Å². The molecule has 5 heteroatoms. The molecule has 2 aromatic carbocycles. The van der Waals surface area contributed by atoms with E-state index in [9.17, 15) is 9.18 Å². The predicted octanol–water partition coefficient (Wildman–Crippen LogP) is 3.61. The number of amides is 1. The van der Waals surface area contributed by atoms with Gasteiger partial charge in [0, 0.05) is 11.8 Å². The Morgan fingerprint density at radius 2 is 1.95 bits per heavy atom. The van der Waals surface area contributed by atoms with Gasteiger partial charge < -0.3 is 10.1 Å². The topological polar surface area (TPSA) is 38.3 Å². The van der Waals surface area contributed by atoms with Gasteiger partial charge in [0.15, 0.2) is 6.61 Å². The van der Waals surface area contributed by atoms with E-state index in [2.05, 4.69) is 21.2 Å². The third-order valence-electron chi connectivity index (χ3n) is 2.31. The van der Waals surface area contributed by atoms with Gasteiger partial charge in [-0.3, -0.25) is 4.79 Å². The first-order valence-electron chi connectivity index (χ1n) is 5.58. The minimum atomic E-state index is -0.415. The maximum absolute atomic E-state index is 13.0. The number of carbonyl (C=O) groups excluding carboxylic acids is 1. The number of halogens is 2. The second kappa shape index (κ2) is 6.33. The number of carbonyl (C=O) groups is 1. The molecule has 0 aliphatic heterocycles. The van der Waals surface area contributed by atoms with Crippen molar-refractivity contribution in [3.05, 3.63) is 58.8 Å². The van der Waals surface area contributed by atoms with Crippen LogP contribution in [0.3, 0.4) is 0 Å². The maximum atomic E-state index is 13.0. The molecule has 3 nitrogen and oxygen atoms in total. The van der Waals surface area contributed by atoms with E-state index in [4.69, 9.17) is 4.74 Å². The minimum absolute atomic E-state index is 0.184. The zero-order chi connectivity index (χ0) is 13.7. The number of nitrogens with one attached hydrogen (secondary N) is 1. The van der Waals surface area contributed by atoms with Crippen LogP contribution in [0.4, 0.5) is 10.1 Å². The van der Waals surface area contributed by atoms with Crippen molar-refractivity contribution >= 4 is 27.5 Å². The van der Waals surface area contributed by atoms with Crippen LogP contribution in [0.15, 0.2) is 53.0 Å². The summed E-state index contributed by atoms with van der Waals surface area (Å²) in [5.41, 5.74) is 0.689. The Morgan fingerprint density at radius 1 is 1.21 bits per heavy atom. The van der Waals surface area contributed by atoms with Gasteiger partial charge in [-0.15, -0.1) is 0 Å². The molecule has 0 radical (unpaired) electrons. The SMILES string of the molecule is O=C(COc1cc(F)ccc1Br)Nc1ccccc1. The van der Waals surface area contributed by atoms with Crippen molar-refractivity contribution in [2.75, 3.05) is 11.9 Å². The van der Waals surface area contributed by atoms with Crippen LogP contribution in [0, 0.1) is 5.82 Å². The fourth-order valence-corrected chi connectivity index (χ4v) is 1.81. The summed E-state index contributed by atoms with van der Waals surface area (Å²) in [5, 5.41) is 2.67. The van der Waals surface area contributed by atoms with E-state index >= 15 is 0 Å². The quantitative estimate of drug-likeness (QED) is 0.933. The number of ether oxygens (including phenoxy) is 1. The van der Waals surface area contributed by atoms with Crippen molar-refractivity contribution in [2.45, 2.75) is 0 Å². The summed E-state index contributed by atoms with van der Waals surface area (Å²) in [5.74, 6) is -0.424. The van der Waals surface area contributed by atoms with Crippen LogP contribution in [-0.2, 0) is 4.79 Å². The molecule has 0 heterocycles. The highest BCUT2D eigenvalue weighted by atomic mass is 79.9. The molecular formula is C14H11BrFNO2. The standard InChI is InChI=1S/C14H11BrFNO2/c15-12-7-6-10(16)8-13(12)19-9-14(18)17-11-4-2-1-3-5-11/h1-8H,9H2,(H,17,18). The van der Waals surface area contributed by atoms with Gasteiger partial charge in [-0.25, -0.2) is 4.39 Å². The molecule has 0 aromatic heterocycles. The number of benzene rings is 2. The Labute approximate surface area is 118 Å². The smallest absolute Gasteiger partial charge is 0.262 e. The minimum Gasteiger partial charge on any atom is -0.482 e. The van der Waals surface area contributed by atoms with Crippen molar-refractivity contribution in [1.29, 1.82) is 0 Å². The molecule has 2 aromatic rings. The van der Waals surface area contributed by atoms with Gasteiger partial charge in [0.05, 0.1) is 4.47 Å². The van der Waals surface area contributed by atoms with Crippen LogP contribution in [0.5, 0.6) is 5.75 Å². The molecule has 0 saturated carbocycles. The summed E-state index contributed by atoms with van der Waals surface area (Å²) in [7, 11) is 0. The normalized spacial score (nSPS) is 10.0. The molecule has 0 bridgehead atoms. The average Bonchev–Trinajstić information content (AvgIpc) is 2.41. The fourth-order valence-electron chi connectivity index (χ4n) is 1.45. The highest BCUT2D eigenvalue weighted by Crippen LogP contribution is 2.25. The van der Waals surface area contributed by atoms with E-state index < -0.39 is 5.82 Å². The maximum Gasteiger partial charge on any atom is 0.262 e. The molecular weight excluding hydrogens is 313 g/mol. The molecule has 0 spiro atoms. The summed E-state index contributed by atoms with van der Waals surface area (Å²) >= 11 is 3.22. The number of para-hydroxylation sites is 1. The lowest BCUT2D eigenvalue weighted by Gasteiger charge is -2.08. The summed E-state index contributed by atoms with van der Waals surface area (Å²) in [4.78, 5) is 11.6. The second-order valence-electron chi connectivity index (χ2n) is 3.78. The molecule has 0 atom stereocenters. The first-order valence-corrected chi connectivity index (χ1v) is 6.37. The number of hydrogen-bond acceptors (Lipinski definition) is 2. The van der Waals surface area contributed by atoms with Crippen LogP contribution in [0.1, 0.15) is 0 Å². The second-order valence-corrected chi connectivity index (χ2v) is 4.63. The van der Waals surface area contributed by atoms with E-state index in [1.54, 1.807) is 12.1 Å². The molecule has 0 saturated heterocycles. The predicted molar refractivity (Wildman–Crippen MR) is 74.7 cm³/mol. The van der Waals surface area contributed by atoms with Gasteiger partial charge in [-0.1, -0.05) is 18.2 Å². The zero-order valence-electron chi connectivity index (χ0n) is 9.90. The molecule has 19 heavy (non-hydrogen) atoms. The summed E-state index contributed by atoms with van der Waals surface area (Å²) in [6, 6.07) is 13.1. The summed E-state index contributed by atoms with van der Waals surface area (Å²) in [6.45, 7) is -0.184. The van der Waals surface area contributed by atoms with E-state index in [1.165, 1.54) is 18.2 Å². The summed E-state index contributed by atoms with van der Waals surface area (Å²) in [6.07, 6.45) is 0. The van der Waals surface area contributed by atoms with E-state index in [0.29, 0.717) is 15.9 Å². The van der Waals surface area contributed by atoms with E-state index in [0.717, 1.165) is 0 Å². The molecule has 2 rings (SSSR count). The lowest BCUT2D eigenvalue weighted by Crippen LogP contribution is -2.20. The van der Waals surface area contributed by atoms with Gasteiger partial charge in [-0.05, 0) is 40.2 Å². The van der Waals surface area contributed by atoms with Gasteiger partial charge in [-0.2, -0.15) is 0 Å². The fraction of sp³-hybridized carbons (Fsp3) is 0.0714. The highest BCUT2D eigenvalue weighted by molar-refractivity contribution is 9.10. The molecule has 1 N–H and O–H groups in total. The molecule has 0 fully saturated rings. The third kappa shape index (κ3) is 4.06. The van der Waals surface area contributed by atoms with Crippen molar-refractivity contribution in [3.63, 3.8) is 0 Å². The zero-order valence-corrected chi connectivity index (χ0v) is 11.5. The average molecular weight is 324 g/mol.